The highest BCUT2D eigenvalue weighted by atomic mass is 16.5. The van der Waals surface area contributed by atoms with Crippen LogP contribution in [0.2, 0.25) is 0 Å². The lowest BCUT2D eigenvalue weighted by molar-refractivity contribution is -0.121. The van der Waals surface area contributed by atoms with Crippen LogP contribution in [0.15, 0.2) is 0 Å². The lowest BCUT2D eigenvalue weighted by atomic mass is 10.2. The number of amides is 1. The first-order valence-electron chi connectivity index (χ1n) is 5.05. The van der Waals surface area contributed by atoms with Crippen molar-refractivity contribution in [1.82, 2.24) is 10.3 Å². The Morgan fingerprint density at radius 2 is 2.50 bits per heavy atom. The van der Waals surface area contributed by atoms with Crippen LogP contribution in [0.25, 0.3) is 0 Å². The van der Waals surface area contributed by atoms with Crippen molar-refractivity contribution in [2.45, 2.75) is 25.8 Å². The summed E-state index contributed by atoms with van der Waals surface area (Å²) in [6, 6.07) is 0.392. The summed E-state index contributed by atoms with van der Waals surface area (Å²) in [5.41, 5.74) is 2.14. The Bertz CT molecular complexity index is 187. The lowest BCUT2D eigenvalue weighted by Gasteiger charge is -2.25. The van der Waals surface area contributed by atoms with Gasteiger partial charge in [-0.1, -0.05) is 0 Å². The monoisotopic (exact) mass is 201 g/mol. The molecule has 1 rings (SSSR count). The zero-order valence-corrected chi connectivity index (χ0v) is 8.66. The van der Waals surface area contributed by atoms with Crippen molar-refractivity contribution in [2.75, 3.05) is 26.3 Å². The number of hydrogen-bond donors (Lipinski definition) is 2. The molecule has 82 valence electrons. The van der Waals surface area contributed by atoms with Gasteiger partial charge >= 0.3 is 0 Å². The molecule has 0 aromatic rings. The van der Waals surface area contributed by atoms with E-state index in [4.69, 9.17) is 10.6 Å². The maximum absolute atomic E-state index is 11.0. The third kappa shape index (κ3) is 3.61. The first-order valence-corrected chi connectivity index (χ1v) is 5.05. The molecular formula is C9H19N3O2. The van der Waals surface area contributed by atoms with Crippen LogP contribution in [0.1, 0.15) is 19.8 Å². The molecule has 14 heavy (non-hydrogen) atoms. The van der Waals surface area contributed by atoms with Crippen molar-refractivity contribution in [3.63, 3.8) is 0 Å². The van der Waals surface area contributed by atoms with Gasteiger partial charge < -0.3 is 4.74 Å². The molecular weight excluding hydrogens is 182 g/mol. The molecule has 1 heterocycles. The summed E-state index contributed by atoms with van der Waals surface area (Å²) in [6.07, 6.45) is 1.50. The Hall–Kier alpha value is -0.650. The summed E-state index contributed by atoms with van der Waals surface area (Å²) in [5, 5.41) is 0. The number of nitrogens with one attached hydrogen (secondary N) is 1. The SMILES string of the molecule is CC1COCCCN1CCC(=O)NN. The Morgan fingerprint density at radius 3 is 3.21 bits per heavy atom. The fourth-order valence-corrected chi connectivity index (χ4v) is 1.60. The summed E-state index contributed by atoms with van der Waals surface area (Å²) >= 11 is 0. The van der Waals surface area contributed by atoms with Gasteiger partial charge in [0.2, 0.25) is 5.91 Å². The Kier molecular flexibility index (Phi) is 4.86. The van der Waals surface area contributed by atoms with E-state index in [9.17, 15) is 4.79 Å². The van der Waals surface area contributed by atoms with E-state index in [-0.39, 0.29) is 5.91 Å². The average molecular weight is 201 g/mol. The number of carbonyl (C=O) groups excluding carboxylic acids is 1. The minimum atomic E-state index is -0.109. The molecule has 0 spiro atoms. The van der Waals surface area contributed by atoms with Crippen LogP contribution in [0.5, 0.6) is 0 Å². The average Bonchev–Trinajstić information content (AvgIpc) is 2.39. The van der Waals surface area contributed by atoms with E-state index in [1.165, 1.54) is 0 Å². The van der Waals surface area contributed by atoms with E-state index >= 15 is 0 Å². The fourth-order valence-electron chi connectivity index (χ4n) is 1.60. The molecule has 0 aliphatic carbocycles. The zero-order chi connectivity index (χ0) is 10.4. The molecule has 5 heteroatoms. The van der Waals surface area contributed by atoms with Gasteiger partial charge in [0, 0.05) is 32.2 Å². The summed E-state index contributed by atoms with van der Waals surface area (Å²) in [4.78, 5) is 13.2. The molecule has 0 saturated carbocycles. The van der Waals surface area contributed by atoms with Gasteiger partial charge in [0.25, 0.3) is 0 Å². The lowest BCUT2D eigenvalue weighted by Crippen LogP contribution is -2.39. The predicted molar refractivity (Wildman–Crippen MR) is 53.4 cm³/mol. The maximum atomic E-state index is 11.0. The number of hydrazine groups is 1. The molecule has 1 aliphatic rings. The number of ether oxygens (including phenoxy) is 1. The van der Waals surface area contributed by atoms with Gasteiger partial charge in [-0.15, -0.1) is 0 Å². The molecule has 0 aromatic carbocycles. The van der Waals surface area contributed by atoms with Gasteiger partial charge in [-0.25, -0.2) is 5.84 Å². The number of rotatable bonds is 3. The van der Waals surface area contributed by atoms with Crippen LogP contribution >= 0.6 is 0 Å². The van der Waals surface area contributed by atoms with Crippen LogP contribution < -0.4 is 11.3 Å². The van der Waals surface area contributed by atoms with Crippen LogP contribution in [-0.4, -0.2) is 43.2 Å². The molecule has 1 unspecified atom stereocenters. The van der Waals surface area contributed by atoms with Gasteiger partial charge in [-0.3, -0.25) is 15.1 Å². The van der Waals surface area contributed by atoms with Gasteiger partial charge in [0.15, 0.2) is 0 Å². The van der Waals surface area contributed by atoms with E-state index in [1.807, 2.05) is 0 Å². The smallest absolute Gasteiger partial charge is 0.235 e. The second-order valence-corrected chi connectivity index (χ2v) is 3.63. The van der Waals surface area contributed by atoms with Gasteiger partial charge in [0.05, 0.1) is 6.61 Å². The topological polar surface area (TPSA) is 67.6 Å². The number of carbonyl (C=O) groups is 1. The van der Waals surface area contributed by atoms with Crippen LogP contribution in [0.3, 0.4) is 0 Å². The summed E-state index contributed by atoms with van der Waals surface area (Å²) < 4.78 is 5.40. The number of nitrogens with zero attached hydrogens (tertiary/aromatic N) is 1. The second-order valence-electron chi connectivity index (χ2n) is 3.63. The highest BCUT2D eigenvalue weighted by molar-refractivity contribution is 5.75. The quantitative estimate of drug-likeness (QED) is 0.366. The van der Waals surface area contributed by atoms with Crippen molar-refractivity contribution in [3.8, 4) is 0 Å². The Morgan fingerprint density at radius 1 is 1.71 bits per heavy atom. The highest BCUT2D eigenvalue weighted by Crippen LogP contribution is 2.07. The molecule has 0 radical (unpaired) electrons. The Labute approximate surface area is 84.5 Å². The summed E-state index contributed by atoms with van der Waals surface area (Å²) in [7, 11) is 0. The Balaban J connectivity index is 2.29. The summed E-state index contributed by atoms with van der Waals surface area (Å²) in [6.45, 7) is 5.45. The normalized spacial score (nSPS) is 24.3. The third-order valence-corrected chi connectivity index (χ3v) is 2.50. The molecule has 0 bridgehead atoms. The first-order chi connectivity index (χ1) is 6.74. The van der Waals surface area contributed by atoms with E-state index < -0.39 is 0 Å². The maximum Gasteiger partial charge on any atom is 0.235 e. The number of nitrogens with two attached hydrogens (primary N) is 1. The van der Waals surface area contributed by atoms with E-state index in [1.54, 1.807) is 0 Å². The number of hydrogen-bond acceptors (Lipinski definition) is 4. The fraction of sp³-hybridized carbons (Fsp3) is 0.889. The molecule has 1 amide bonds. The standard InChI is InChI=1S/C9H19N3O2/c1-8-7-14-6-2-4-12(8)5-3-9(13)11-10/h8H,2-7,10H2,1H3,(H,11,13). The molecule has 3 N–H and O–H groups in total. The van der Waals surface area contributed by atoms with Crippen molar-refractivity contribution >= 4 is 5.91 Å². The van der Waals surface area contributed by atoms with Crippen molar-refractivity contribution < 1.29 is 9.53 Å². The van der Waals surface area contributed by atoms with Crippen molar-refractivity contribution in [1.29, 1.82) is 0 Å². The largest absolute Gasteiger partial charge is 0.380 e. The van der Waals surface area contributed by atoms with Crippen LogP contribution in [0, 0.1) is 0 Å². The summed E-state index contributed by atoms with van der Waals surface area (Å²) in [5.74, 6) is 4.90. The van der Waals surface area contributed by atoms with Gasteiger partial charge in [-0.05, 0) is 13.3 Å². The van der Waals surface area contributed by atoms with Gasteiger partial charge in [0.1, 0.15) is 0 Å². The molecule has 0 aromatic heterocycles. The van der Waals surface area contributed by atoms with Crippen molar-refractivity contribution in [2.24, 2.45) is 5.84 Å². The molecule has 1 aliphatic heterocycles. The predicted octanol–water partition coefficient (Wildman–Crippen LogP) is -0.523. The van der Waals surface area contributed by atoms with Gasteiger partial charge in [-0.2, -0.15) is 0 Å². The van der Waals surface area contributed by atoms with Crippen LogP contribution in [0.4, 0.5) is 0 Å². The minimum absolute atomic E-state index is 0.109. The minimum Gasteiger partial charge on any atom is -0.380 e. The highest BCUT2D eigenvalue weighted by Gasteiger charge is 2.17. The third-order valence-electron chi connectivity index (χ3n) is 2.50. The zero-order valence-electron chi connectivity index (χ0n) is 8.66. The molecule has 1 saturated heterocycles. The van der Waals surface area contributed by atoms with E-state index in [2.05, 4.69) is 17.2 Å². The van der Waals surface area contributed by atoms with E-state index in [0.717, 1.165) is 32.7 Å². The van der Waals surface area contributed by atoms with Crippen LogP contribution in [-0.2, 0) is 9.53 Å². The molecule has 5 nitrogen and oxygen atoms in total. The van der Waals surface area contributed by atoms with Crippen molar-refractivity contribution in [3.05, 3.63) is 0 Å². The second kappa shape index (κ2) is 5.95. The first kappa shape index (κ1) is 11.4. The molecule has 1 atom stereocenters. The van der Waals surface area contributed by atoms with E-state index in [0.29, 0.717) is 12.5 Å². The molecule has 1 fully saturated rings.